The number of amides is 1. The van der Waals surface area contributed by atoms with Crippen LogP contribution in [0.15, 0.2) is 54.7 Å². The van der Waals surface area contributed by atoms with Gasteiger partial charge < -0.3 is 10.1 Å². The number of ether oxygens (including phenoxy) is 1. The Bertz CT molecular complexity index is 1100. The average Bonchev–Trinajstić information content (AvgIpc) is 3.10. The van der Waals surface area contributed by atoms with Gasteiger partial charge in [0, 0.05) is 11.1 Å². The van der Waals surface area contributed by atoms with Crippen molar-refractivity contribution in [2.45, 2.75) is 6.92 Å². The lowest BCUT2D eigenvalue weighted by molar-refractivity contribution is 0.102. The molecule has 2 aromatic carbocycles. The fraction of sp³-hybridized carbons (Fsp3) is 0.100. The SMILES string of the molecule is COc1ccc(-c2cnc3n[nH]c(NC(=O)c4ccc(C)cc4)c3n2)cc1. The fourth-order valence-corrected chi connectivity index (χ4v) is 2.67. The van der Waals surface area contributed by atoms with Crippen molar-refractivity contribution in [2.75, 3.05) is 12.4 Å². The van der Waals surface area contributed by atoms with Crippen molar-refractivity contribution in [2.24, 2.45) is 0 Å². The lowest BCUT2D eigenvalue weighted by atomic mass is 10.1. The molecule has 1 amide bonds. The number of aromatic nitrogens is 4. The normalized spacial score (nSPS) is 10.7. The van der Waals surface area contributed by atoms with E-state index in [-0.39, 0.29) is 5.91 Å². The van der Waals surface area contributed by atoms with Crippen LogP contribution in [0.2, 0.25) is 0 Å². The summed E-state index contributed by atoms with van der Waals surface area (Å²) in [6.45, 7) is 1.97. The highest BCUT2D eigenvalue weighted by Crippen LogP contribution is 2.24. The second kappa shape index (κ2) is 6.87. The molecule has 0 bridgehead atoms. The zero-order chi connectivity index (χ0) is 18.8. The first kappa shape index (κ1) is 16.7. The number of nitrogens with one attached hydrogen (secondary N) is 2. The average molecular weight is 359 g/mol. The van der Waals surface area contributed by atoms with E-state index in [1.807, 2.05) is 43.3 Å². The molecule has 4 rings (SSSR count). The van der Waals surface area contributed by atoms with E-state index < -0.39 is 0 Å². The molecule has 27 heavy (non-hydrogen) atoms. The number of H-pyrrole nitrogens is 1. The zero-order valence-corrected chi connectivity index (χ0v) is 14.9. The molecule has 0 saturated carbocycles. The van der Waals surface area contributed by atoms with Crippen molar-refractivity contribution < 1.29 is 9.53 Å². The van der Waals surface area contributed by atoms with Gasteiger partial charge in [0.25, 0.3) is 5.91 Å². The number of hydrogen-bond donors (Lipinski definition) is 2. The van der Waals surface area contributed by atoms with Crippen LogP contribution in [0.5, 0.6) is 5.75 Å². The van der Waals surface area contributed by atoms with Crippen molar-refractivity contribution in [3.63, 3.8) is 0 Å². The van der Waals surface area contributed by atoms with Crippen LogP contribution in [-0.4, -0.2) is 33.2 Å². The molecule has 134 valence electrons. The zero-order valence-electron chi connectivity index (χ0n) is 14.9. The van der Waals surface area contributed by atoms with Crippen molar-refractivity contribution in [3.8, 4) is 17.0 Å². The number of nitrogens with zero attached hydrogens (tertiary/aromatic N) is 3. The van der Waals surface area contributed by atoms with Gasteiger partial charge in [-0.05, 0) is 43.3 Å². The maximum Gasteiger partial charge on any atom is 0.256 e. The standard InChI is InChI=1S/C20H17N5O2/c1-12-3-5-14(6-4-12)20(26)23-19-17-18(24-25-19)21-11-16(22-17)13-7-9-15(27-2)10-8-13/h3-11H,1-2H3,(H2,21,23,24,25,26). The van der Waals surface area contributed by atoms with Gasteiger partial charge in [-0.1, -0.05) is 17.7 Å². The highest BCUT2D eigenvalue weighted by Gasteiger charge is 2.14. The minimum absolute atomic E-state index is 0.239. The number of anilines is 1. The number of rotatable bonds is 4. The predicted molar refractivity (Wildman–Crippen MR) is 103 cm³/mol. The fourth-order valence-electron chi connectivity index (χ4n) is 2.67. The highest BCUT2D eigenvalue weighted by atomic mass is 16.5. The Hall–Kier alpha value is -3.74. The van der Waals surface area contributed by atoms with Crippen molar-refractivity contribution in [1.29, 1.82) is 0 Å². The molecule has 0 radical (unpaired) electrons. The van der Waals surface area contributed by atoms with E-state index in [1.54, 1.807) is 25.4 Å². The molecule has 0 aliphatic rings. The topological polar surface area (TPSA) is 92.8 Å². The largest absolute Gasteiger partial charge is 0.497 e. The van der Waals surface area contributed by atoms with Gasteiger partial charge in [-0.3, -0.25) is 9.89 Å². The monoisotopic (exact) mass is 359 g/mol. The number of carbonyl (C=O) groups is 1. The number of benzene rings is 2. The highest BCUT2D eigenvalue weighted by molar-refractivity contribution is 6.06. The van der Waals surface area contributed by atoms with E-state index in [1.165, 1.54) is 0 Å². The summed E-state index contributed by atoms with van der Waals surface area (Å²) in [7, 11) is 1.62. The summed E-state index contributed by atoms with van der Waals surface area (Å²) in [5.74, 6) is 0.942. The summed E-state index contributed by atoms with van der Waals surface area (Å²) >= 11 is 0. The van der Waals surface area contributed by atoms with Gasteiger partial charge in [0.15, 0.2) is 11.3 Å². The lowest BCUT2D eigenvalue weighted by Crippen LogP contribution is -2.12. The smallest absolute Gasteiger partial charge is 0.256 e. The Morgan fingerprint density at radius 3 is 2.52 bits per heavy atom. The Morgan fingerprint density at radius 1 is 1.07 bits per heavy atom. The van der Waals surface area contributed by atoms with E-state index in [0.717, 1.165) is 16.9 Å². The van der Waals surface area contributed by atoms with Gasteiger partial charge in [0.1, 0.15) is 5.75 Å². The van der Waals surface area contributed by atoms with Crippen molar-refractivity contribution in [1.82, 2.24) is 20.2 Å². The third-order valence-electron chi connectivity index (χ3n) is 4.20. The summed E-state index contributed by atoms with van der Waals surface area (Å²) in [6, 6.07) is 14.9. The third kappa shape index (κ3) is 3.35. The number of hydrogen-bond acceptors (Lipinski definition) is 5. The summed E-state index contributed by atoms with van der Waals surface area (Å²) in [4.78, 5) is 21.4. The van der Waals surface area contributed by atoms with Gasteiger partial charge in [-0.2, -0.15) is 5.10 Å². The van der Waals surface area contributed by atoms with Gasteiger partial charge >= 0.3 is 0 Å². The first-order valence-electron chi connectivity index (χ1n) is 8.37. The molecule has 0 atom stereocenters. The number of fused-ring (bicyclic) bond motifs is 1. The van der Waals surface area contributed by atoms with Crippen LogP contribution in [0, 0.1) is 6.92 Å². The first-order valence-corrected chi connectivity index (χ1v) is 8.37. The molecule has 0 unspecified atom stereocenters. The van der Waals surface area contributed by atoms with Crippen LogP contribution in [0.1, 0.15) is 15.9 Å². The molecule has 0 spiro atoms. The molecule has 7 heteroatoms. The minimum atomic E-state index is -0.239. The van der Waals surface area contributed by atoms with Crippen LogP contribution < -0.4 is 10.1 Å². The molecule has 0 aliphatic carbocycles. The van der Waals surface area contributed by atoms with Gasteiger partial charge in [0.2, 0.25) is 5.65 Å². The predicted octanol–water partition coefficient (Wildman–Crippen LogP) is 3.59. The van der Waals surface area contributed by atoms with Gasteiger partial charge in [0.05, 0.1) is 19.0 Å². The molecule has 0 fully saturated rings. The maximum absolute atomic E-state index is 12.5. The lowest BCUT2D eigenvalue weighted by Gasteiger charge is -2.05. The molecule has 4 aromatic rings. The van der Waals surface area contributed by atoms with E-state index in [2.05, 4.69) is 25.5 Å². The van der Waals surface area contributed by atoms with E-state index >= 15 is 0 Å². The quantitative estimate of drug-likeness (QED) is 0.581. The second-order valence-corrected chi connectivity index (χ2v) is 6.07. The Balaban J connectivity index is 1.65. The third-order valence-corrected chi connectivity index (χ3v) is 4.20. The summed E-state index contributed by atoms with van der Waals surface area (Å²) in [6.07, 6.45) is 1.65. The number of carbonyl (C=O) groups excluding carboxylic acids is 1. The molecular weight excluding hydrogens is 342 g/mol. The number of aromatic amines is 1. The molecular formula is C20H17N5O2. The second-order valence-electron chi connectivity index (χ2n) is 6.07. The summed E-state index contributed by atoms with van der Waals surface area (Å²) < 4.78 is 5.18. The van der Waals surface area contributed by atoms with Crippen LogP contribution in [0.3, 0.4) is 0 Å². The van der Waals surface area contributed by atoms with Crippen LogP contribution >= 0.6 is 0 Å². The molecule has 2 N–H and O–H groups in total. The molecule has 0 saturated heterocycles. The molecule has 7 nitrogen and oxygen atoms in total. The van der Waals surface area contributed by atoms with Gasteiger partial charge in [-0.25, -0.2) is 9.97 Å². The number of aryl methyl sites for hydroxylation is 1. The van der Waals surface area contributed by atoms with E-state index in [9.17, 15) is 4.79 Å². The van der Waals surface area contributed by atoms with Crippen molar-refractivity contribution in [3.05, 3.63) is 65.9 Å². The molecule has 2 heterocycles. The van der Waals surface area contributed by atoms with Crippen LogP contribution in [0.25, 0.3) is 22.4 Å². The van der Waals surface area contributed by atoms with Crippen molar-refractivity contribution >= 4 is 22.9 Å². The first-order chi connectivity index (χ1) is 13.1. The maximum atomic E-state index is 12.5. The number of methoxy groups -OCH3 is 1. The Labute approximate surface area is 155 Å². The van der Waals surface area contributed by atoms with E-state index in [4.69, 9.17) is 4.74 Å². The minimum Gasteiger partial charge on any atom is -0.497 e. The summed E-state index contributed by atoms with van der Waals surface area (Å²) in [5.41, 5.74) is 4.16. The molecule has 2 aromatic heterocycles. The Kier molecular flexibility index (Phi) is 4.25. The van der Waals surface area contributed by atoms with Crippen LogP contribution in [0.4, 0.5) is 5.82 Å². The molecule has 0 aliphatic heterocycles. The summed E-state index contributed by atoms with van der Waals surface area (Å²) in [5, 5.41) is 9.72. The van der Waals surface area contributed by atoms with Crippen LogP contribution in [-0.2, 0) is 0 Å². The van der Waals surface area contributed by atoms with E-state index in [0.29, 0.717) is 28.2 Å². The van der Waals surface area contributed by atoms with Gasteiger partial charge in [-0.15, -0.1) is 0 Å². The Morgan fingerprint density at radius 2 is 1.81 bits per heavy atom.